The molecule has 1 aromatic carbocycles. The molecule has 1 aliphatic rings. The van der Waals surface area contributed by atoms with Gasteiger partial charge in [0.2, 0.25) is 4.73 Å². The maximum Gasteiger partial charge on any atom is 0.416 e. The molecule has 0 aliphatic heterocycles. The monoisotopic (exact) mass is 530 g/mol. The second-order valence-corrected chi connectivity index (χ2v) is 8.30. The molecule has 2 aromatic heterocycles. The Kier molecular flexibility index (Phi) is 5.93. The van der Waals surface area contributed by atoms with Gasteiger partial charge >= 0.3 is 6.18 Å². The Labute approximate surface area is 192 Å². The Bertz CT molecular complexity index is 1180. The molecular weight excluding hydrogens is 515 g/mol. The zero-order valence-corrected chi connectivity index (χ0v) is 18.5. The zero-order chi connectivity index (χ0) is 24.0. The molecule has 174 valence electrons. The first-order valence-corrected chi connectivity index (χ1v) is 10.6. The smallest absolute Gasteiger partial charge is 0.342 e. The average Bonchev–Trinajstić information content (AvgIpc) is 3.56. The molecule has 13 heteroatoms. The molecule has 7 nitrogen and oxygen atoms in total. The van der Waals surface area contributed by atoms with Gasteiger partial charge in [-0.3, -0.25) is 4.79 Å². The van der Waals surface area contributed by atoms with Gasteiger partial charge in [-0.2, -0.15) is 17.9 Å². The van der Waals surface area contributed by atoms with E-state index in [0.29, 0.717) is 12.1 Å². The largest absolute Gasteiger partial charge is 0.416 e. The van der Waals surface area contributed by atoms with Crippen molar-refractivity contribution < 1.29 is 26.7 Å². The number of amides is 1. The van der Waals surface area contributed by atoms with Crippen molar-refractivity contribution in [3.05, 3.63) is 63.9 Å². The van der Waals surface area contributed by atoms with Gasteiger partial charge < -0.3 is 5.32 Å². The van der Waals surface area contributed by atoms with Crippen LogP contribution in [0.5, 0.6) is 0 Å². The maximum atomic E-state index is 14.6. The Morgan fingerprint density at radius 2 is 1.76 bits per heavy atom. The average molecular weight is 531 g/mol. The third kappa shape index (κ3) is 4.87. The molecule has 1 atom stereocenters. The van der Waals surface area contributed by atoms with E-state index in [0.717, 1.165) is 6.07 Å². The number of carbonyl (C=O) groups excluding carboxylic acids is 1. The standard InChI is InChI=1S/C20H16BrF5N6O/c1-10(15-30-17(21)31-32(15)18-27-5-2-6-28-18)29-16(33)11-7-13(19(22,23)12-3-4-12)9-14(8-11)20(24,25)26/h2,5-10,12H,3-4H2,1H3,(H,29,33). The molecule has 1 fully saturated rings. The molecule has 2 heterocycles. The molecule has 1 aliphatic carbocycles. The van der Waals surface area contributed by atoms with E-state index in [1.54, 1.807) is 6.07 Å². The predicted octanol–water partition coefficient (Wildman–Crippen LogP) is 4.83. The fraction of sp³-hybridized carbons (Fsp3) is 0.350. The normalized spacial score (nSPS) is 15.4. The van der Waals surface area contributed by atoms with Crippen molar-refractivity contribution in [2.24, 2.45) is 5.92 Å². The topological polar surface area (TPSA) is 85.6 Å². The van der Waals surface area contributed by atoms with Crippen LogP contribution in [0.3, 0.4) is 0 Å². The van der Waals surface area contributed by atoms with E-state index < -0.39 is 46.7 Å². The van der Waals surface area contributed by atoms with Crippen LogP contribution < -0.4 is 5.32 Å². The first-order chi connectivity index (χ1) is 15.5. The quantitative estimate of drug-likeness (QED) is 0.461. The summed E-state index contributed by atoms with van der Waals surface area (Å²) < 4.78 is 70.7. The lowest BCUT2D eigenvalue weighted by atomic mass is 9.97. The second-order valence-electron chi connectivity index (χ2n) is 7.59. The Morgan fingerprint density at radius 1 is 1.12 bits per heavy atom. The Hall–Kier alpha value is -2.96. The van der Waals surface area contributed by atoms with Crippen LogP contribution in [0.1, 0.15) is 53.1 Å². The molecule has 1 N–H and O–H groups in total. The maximum absolute atomic E-state index is 14.6. The van der Waals surface area contributed by atoms with Crippen molar-refractivity contribution in [1.82, 2.24) is 30.0 Å². The fourth-order valence-corrected chi connectivity index (χ4v) is 3.61. The molecule has 1 saturated carbocycles. The van der Waals surface area contributed by atoms with Crippen LogP contribution >= 0.6 is 15.9 Å². The lowest BCUT2D eigenvalue weighted by Crippen LogP contribution is -2.30. The van der Waals surface area contributed by atoms with E-state index >= 15 is 0 Å². The zero-order valence-electron chi connectivity index (χ0n) is 16.9. The van der Waals surface area contributed by atoms with Crippen LogP contribution in [0.4, 0.5) is 22.0 Å². The number of nitrogens with zero attached hydrogens (tertiary/aromatic N) is 5. The third-order valence-corrected chi connectivity index (χ3v) is 5.42. The van der Waals surface area contributed by atoms with Crippen molar-refractivity contribution >= 4 is 21.8 Å². The van der Waals surface area contributed by atoms with E-state index in [1.165, 1.54) is 24.0 Å². The van der Waals surface area contributed by atoms with Crippen molar-refractivity contribution in [3.8, 4) is 5.95 Å². The fourth-order valence-electron chi connectivity index (χ4n) is 3.27. The summed E-state index contributed by atoms with van der Waals surface area (Å²) in [6.45, 7) is 1.51. The van der Waals surface area contributed by atoms with Crippen LogP contribution in [0.25, 0.3) is 5.95 Å². The van der Waals surface area contributed by atoms with E-state index in [1.807, 2.05) is 0 Å². The lowest BCUT2D eigenvalue weighted by molar-refractivity contribution is -0.137. The van der Waals surface area contributed by atoms with E-state index in [-0.39, 0.29) is 29.3 Å². The van der Waals surface area contributed by atoms with E-state index in [2.05, 4.69) is 41.3 Å². The van der Waals surface area contributed by atoms with Gasteiger partial charge in [0.05, 0.1) is 11.6 Å². The summed E-state index contributed by atoms with van der Waals surface area (Å²) in [4.78, 5) is 25.1. The molecule has 3 aromatic rings. The first kappa shape index (κ1) is 23.2. The number of halogens is 6. The second kappa shape index (κ2) is 8.43. The van der Waals surface area contributed by atoms with Gasteiger partial charge in [-0.15, -0.1) is 5.10 Å². The first-order valence-electron chi connectivity index (χ1n) is 9.78. The summed E-state index contributed by atoms with van der Waals surface area (Å²) in [5.74, 6) is -5.13. The number of alkyl halides is 5. The SMILES string of the molecule is CC(NC(=O)c1cc(C(F)(F)F)cc(C(F)(F)C2CC2)c1)c1nc(Br)nn1-c1ncccn1. The summed E-state index contributed by atoms with van der Waals surface area (Å²) in [5.41, 5.74) is -2.68. The van der Waals surface area contributed by atoms with Gasteiger partial charge in [0.15, 0.2) is 5.82 Å². The van der Waals surface area contributed by atoms with Crippen LogP contribution in [0, 0.1) is 5.92 Å². The summed E-state index contributed by atoms with van der Waals surface area (Å²) in [6, 6.07) is 2.47. The highest BCUT2D eigenvalue weighted by atomic mass is 79.9. The van der Waals surface area contributed by atoms with Gasteiger partial charge in [0.25, 0.3) is 17.8 Å². The molecule has 0 radical (unpaired) electrons. The number of benzene rings is 1. The predicted molar refractivity (Wildman–Crippen MR) is 109 cm³/mol. The summed E-state index contributed by atoms with van der Waals surface area (Å²) in [7, 11) is 0. The van der Waals surface area contributed by atoms with E-state index in [9.17, 15) is 26.7 Å². The van der Waals surface area contributed by atoms with E-state index in [4.69, 9.17) is 0 Å². The van der Waals surface area contributed by atoms with Gasteiger partial charge in [0, 0.05) is 29.4 Å². The molecule has 0 saturated heterocycles. The highest BCUT2D eigenvalue weighted by molar-refractivity contribution is 9.10. The molecular formula is C20H16BrF5N6O. The van der Waals surface area contributed by atoms with Crippen LogP contribution in [0.2, 0.25) is 0 Å². The molecule has 1 amide bonds. The van der Waals surface area contributed by atoms with Crippen LogP contribution in [-0.2, 0) is 12.1 Å². The van der Waals surface area contributed by atoms with Crippen LogP contribution in [0.15, 0.2) is 41.4 Å². The molecule has 0 spiro atoms. The van der Waals surface area contributed by atoms with Crippen molar-refractivity contribution in [3.63, 3.8) is 0 Å². The highest BCUT2D eigenvalue weighted by Gasteiger charge is 2.49. The summed E-state index contributed by atoms with van der Waals surface area (Å²) in [5, 5.41) is 6.59. The van der Waals surface area contributed by atoms with Crippen LogP contribution in [-0.4, -0.2) is 30.6 Å². The Balaban J connectivity index is 1.65. The minimum atomic E-state index is -4.90. The van der Waals surface area contributed by atoms with Gasteiger partial charge in [-0.25, -0.2) is 23.7 Å². The molecule has 0 bridgehead atoms. The highest BCUT2D eigenvalue weighted by Crippen LogP contribution is 2.50. The number of rotatable bonds is 6. The number of nitrogens with one attached hydrogen (secondary N) is 1. The van der Waals surface area contributed by atoms with Gasteiger partial charge in [-0.05, 0) is 60.0 Å². The minimum Gasteiger partial charge on any atom is -0.342 e. The third-order valence-electron chi connectivity index (χ3n) is 5.08. The summed E-state index contributed by atoms with van der Waals surface area (Å²) >= 11 is 3.12. The van der Waals surface area contributed by atoms with Gasteiger partial charge in [-0.1, -0.05) is 0 Å². The number of hydrogen-bond donors (Lipinski definition) is 1. The molecule has 33 heavy (non-hydrogen) atoms. The van der Waals surface area contributed by atoms with Gasteiger partial charge in [0.1, 0.15) is 0 Å². The van der Waals surface area contributed by atoms with Crippen molar-refractivity contribution in [2.75, 3.05) is 0 Å². The Morgan fingerprint density at radius 3 is 2.36 bits per heavy atom. The van der Waals surface area contributed by atoms with Crippen molar-refractivity contribution in [2.45, 2.75) is 37.9 Å². The lowest BCUT2D eigenvalue weighted by Gasteiger charge is -2.20. The molecule has 4 rings (SSSR count). The molecule has 1 unspecified atom stereocenters. The minimum absolute atomic E-state index is 0.150. The number of hydrogen-bond acceptors (Lipinski definition) is 5. The summed E-state index contributed by atoms with van der Waals surface area (Å²) in [6.07, 6.45) is -1.53. The number of carbonyl (C=O) groups is 1. The number of aromatic nitrogens is 5. The van der Waals surface area contributed by atoms with Crippen molar-refractivity contribution in [1.29, 1.82) is 0 Å².